The number of aryl methyl sites for hydroxylation is 1. The van der Waals surface area contributed by atoms with Gasteiger partial charge in [0.05, 0.1) is 10.7 Å². The number of carboxylic acid groups (broad SMARTS) is 1. The normalized spacial score (nSPS) is 11.4. The fraction of sp³-hybridized carbons (Fsp3) is 0.333. The van der Waals surface area contributed by atoms with Gasteiger partial charge in [-0.25, -0.2) is 9.78 Å². The number of fused-ring (bicyclic) bond motifs is 1. The van der Waals surface area contributed by atoms with Crippen molar-refractivity contribution >= 4 is 23.2 Å². The molecule has 0 atom stereocenters. The van der Waals surface area contributed by atoms with Crippen molar-refractivity contribution in [2.75, 3.05) is 14.1 Å². The number of carbonyl (C=O) groups is 1. The minimum atomic E-state index is -1.02. The maximum atomic E-state index is 11.2. The predicted octanol–water partition coefficient (Wildman–Crippen LogP) is 2.06. The molecular weight excluding hydrogens is 254 g/mol. The lowest BCUT2D eigenvalue weighted by molar-refractivity contribution is 0.0689. The molecule has 2 aromatic rings. The van der Waals surface area contributed by atoms with Gasteiger partial charge in [0.15, 0.2) is 5.69 Å². The monoisotopic (exact) mass is 267 g/mol. The van der Waals surface area contributed by atoms with Crippen LogP contribution in [0.1, 0.15) is 21.7 Å². The van der Waals surface area contributed by atoms with E-state index in [1.54, 1.807) is 16.7 Å². The van der Waals surface area contributed by atoms with E-state index < -0.39 is 5.97 Å². The van der Waals surface area contributed by atoms with Crippen LogP contribution in [-0.2, 0) is 6.54 Å². The molecule has 0 aliphatic carbocycles. The molecule has 0 fully saturated rings. The summed E-state index contributed by atoms with van der Waals surface area (Å²) in [5, 5.41) is 9.78. The topological polar surface area (TPSA) is 57.8 Å². The van der Waals surface area contributed by atoms with Gasteiger partial charge in [-0.1, -0.05) is 11.6 Å². The molecule has 0 aliphatic heterocycles. The Kier molecular flexibility index (Phi) is 3.28. The molecule has 0 saturated heterocycles. The molecule has 96 valence electrons. The fourth-order valence-corrected chi connectivity index (χ4v) is 2.20. The molecule has 0 aliphatic rings. The van der Waals surface area contributed by atoms with E-state index in [9.17, 15) is 9.90 Å². The highest BCUT2D eigenvalue weighted by Crippen LogP contribution is 2.21. The molecule has 6 heteroatoms. The predicted molar refractivity (Wildman–Crippen MR) is 69.3 cm³/mol. The number of halogens is 1. The summed E-state index contributed by atoms with van der Waals surface area (Å²) >= 11 is 6.01. The van der Waals surface area contributed by atoms with E-state index in [0.717, 1.165) is 5.56 Å². The number of aromatic nitrogens is 2. The number of hydrogen-bond acceptors (Lipinski definition) is 3. The Morgan fingerprint density at radius 2 is 2.22 bits per heavy atom. The molecule has 0 amide bonds. The average Bonchev–Trinajstić information content (AvgIpc) is 2.57. The minimum absolute atomic E-state index is 0.0778. The summed E-state index contributed by atoms with van der Waals surface area (Å²) < 4.78 is 1.75. The summed E-state index contributed by atoms with van der Waals surface area (Å²) in [4.78, 5) is 17.3. The Hall–Kier alpha value is -1.59. The Morgan fingerprint density at radius 3 is 2.78 bits per heavy atom. The third-order valence-corrected chi connectivity index (χ3v) is 2.84. The van der Waals surface area contributed by atoms with Crippen molar-refractivity contribution in [3.05, 3.63) is 34.2 Å². The summed E-state index contributed by atoms with van der Waals surface area (Å²) in [7, 11) is 3.75. The molecule has 2 aromatic heterocycles. The van der Waals surface area contributed by atoms with Gasteiger partial charge in [-0.05, 0) is 32.6 Å². The van der Waals surface area contributed by atoms with Crippen LogP contribution < -0.4 is 0 Å². The van der Waals surface area contributed by atoms with Crippen LogP contribution in [0.2, 0.25) is 5.02 Å². The SMILES string of the molecule is Cc1cc(Cl)cn2c(CN(C)C)c(C(=O)O)nc12. The first kappa shape index (κ1) is 12.9. The number of nitrogens with zero attached hydrogens (tertiary/aromatic N) is 3. The Bertz CT molecular complexity index is 619. The Balaban J connectivity index is 2.76. The summed E-state index contributed by atoms with van der Waals surface area (Å²) in [5.74, 6) is -1.02. The Labute approximate surface area is 110 Å². The van der Waals surface area contributed by atoms with Gasteiger partial charge in [-0.3, -0.25) is 0 Å². The second-order valence-corrected chi connectivity index (χ2v) is 4.92. The van der Waals surface area contributed by atoms with Gasteiger partial charge in [0.2, 0.25) is 0 Å². The van der Waals surface area contributed by atoms with Gasteiger partial charge in [0.25, 0.3) is 0 Å². The first-order valence-electron chi connectivity index (χ1n) is 5.45. The van der Waals surface area contributed by atoms with Crippen molar-refractivity contribution in [2.24, 2.45) is 0 Å². The van der Waals surface area contributed by atoms with Crippen LogP contribution in [-0.4, -0.2) is 39.5 Å². The number of hydrogen-bond donors (Lipinski definition) is 1. The summed E-state index contributed by atoms with van der Waals surface area (Å²) in [6.07, 6.45) is 1.70. The van der Waals surface area contributed by atoms with E-state index in [1.165, 1.54) is 0 Å². The molecule has 0 unspecified atom stereocenters. The molecule has 0 bridgehead atoms. The third-order valence-electron chi connectivity index (χ3n) is 2.64. The molecule has 0 spiro atoms. The maximum Gasteiger partial charge on any atom is 0.356 e. The molecule has 1 N–H and O–H groups in total. The standard InChI is InChI=1S/C12H14ClN3O2/c1-7-4-8(13)5-16-9(6-15(2)3)10(12(17)18)14-11(7)16/h4-5H,6H2,1-3H3,(H,17,18). The summed E-state index contributed by atoms with van der Waals surface area (Å²) in [5.41, 5.74) is 2.20. The molecule has 18 heavy (non-hydrogen) atoms. The van der Waals surface area contributed by atoms with Crippen molar-refractivity contribution in [2.45, 2.75) is 13.5 Å². The van der Waals surface area contributed by atoms with Crippen molar-refractivity contribution in [3.63, 3.8) is 0 Å². The highest BCUT2D eigenvalue weighted by molar-refractivity contribution is 6.30. The zero-order chi connectivity index (χ0) is 13.4. The van der Waals surface area contributed by atoms with E-state index in [4.69, 9.17) is 11.6 Å². The van der Waals surface area contributed by atoms with Crippen LogP contribution in [0.3, 0.4) is 0 Å². The molecule has 5 nitrogen and oxygen atoms in total. The molecular formula is C12H14ClN3O2. The maximum absolute atomic E-state index is 11.2. The van der Waals surface area contributed by atoms with Crippen LogP contribution in [0.25, 0.3) is 5.65 Å². The van der Waals surface area contributed by atoms with Gasteiger partial charge in [0.1, 0.15) is 5.65 Å². The molecule has 0 saturated carbocycles. The second kappa shape index (κ2) is 4.59. The van der Waals surface area contributed by atoms with E-state index in [2.05, 4.69) is 4.98 Å². The highest BCUT2D eigenvalue weighted by Gasteiger charge is 2.19. The molecule has 2 heterocycles. The van der Waals surface area contributed by atoms with Crippen molar-refractivity contribution in [1.82, 2.24) is 14.3 Å². The number of rotatable bonds is 3. The van der Waals surface area contributed by atoms with Crippen LogP contribution in [0.15, 0.2) is 12.3 Å². The average molecular weight is 268 g/mol. The smallest absolute Gasteiger partial charge is 0.356 e. The molecule has 2 rings (SSSR count). The molecule has 0 radical (unpaired) electrons. The van der Waals surface area contributed by atoms with E-state index in [0.29, 0.717) is 22.9 Å². The number of imidazole rings is 1. The summed E-state index contributed by atoms with van der Waals surface area (Å²) in [6.45, 7) is 2.35. The van der Waals surface area contributed by atoms with Crippen molar-refractivity contribution < 1.29 is 9.90 Å². The van der Waals surface area contributed by atoms with E-state index in [1.807, 2.05) is 25.9 Å². The van der Waals surface area contributed by atoms with Crippen LogP contribution >= 0.6 is 11.6 Å². The largest absolute Gasteiger partial charge is 0.476 e. The third kappa shape index (κ3) is 2.19. The van der Waals surface area contributed by atoms with E-state index >= 15 is 0 Å². The number of aromatic carboxylic acids is 1. The Morgan fingerprint density at radius 1 is 1.56 bits per heavy atom. The first-order chi connectivity index (χ1) is 8.40. The highest BCUT2D eigenvalue weighted by atomic mass is 35.5. The van der Waals surface area contributed by atoms with Crippen LogP contribution in [0.5, 0.6) is 0 Å². The second-order valence-electron chi connectivity index (χ2n) is 4.48. The van der Waals surface area contributed by atoms with Crippen LogP contribution in [0.4, 0.5) is 0 Å². The zero-order valence-electron chi connectivity index (χ0n) is 10.4. The van der Waals surface area contributed by atoms with Gasteiger partial charge < -0.3 is 14.4 Å². The zero-order valence-corrected chi connectivity index (χ0v) is 11.2. The minimum Gasteiger partial charge on any atom is -0.476 e. The number of carboxylic acids is 1. The van der Waals surface area contributed by atoms with Gasteiger partial charge in [-0.15, -0.1) is 0 Å². The van der Waals surface area contributed by atoms with Gasteiger partial charge >= 0.3 is 5.97 Å². The van der Waals surface area contributed by atoms with Crippen molar-refractivity contribution in [3.8, 4) is 0 Å². The lowest BCUT2D eigenvalue weighted by atomic mass is 10.3. The van der Waals surface area contributed by atoms with Crippen molar-refractivity contribution in [1.29, 1.82) is 0 Å². The number of pyridine rings is 1. The molecule has 0 aromatic carbocycles. The summed E-state index contributed by atoms with van der Waals surface area (Å²) in [6, 6.07) is 1.77. The quantitative estimate of drug-likeness (QED) is 0.925. The lowest BCUT2D eigenvalue weighted by Gasteiger charge is -2.10. The van der Waals surface area contributed by atoms with E-state index in [-0.39, 0.29) is 5.69 Å². The first-order valence-corrected chi connectivity index (χ1v) is 5.83. The van der Waals surface area contributed by atoms with Crippen LogP contribution in [0, 0.1) is 6.92 Å². The van der Waals surface area contributed by atoms with Gasteiger partial charge in [0, 0.05) is 12.7 Å². The fourth-order valence-electron chi connectivity index (χ4n) is 1.94. The van der Waals surface area contributed by atoms with Gasteiger partial charge in [-0.2, -0.15) is 0 Å². The lowest BCUT2D eigenvalue weighted by Crippen LogP contribution is -2.15.